The van der Waals surface area contributed by atoms with E-state index in [1.165, 1.54) is 0 Å². The van der Waals surface area contributed by atoms with Crippen LogP contribution in [-0.4, -0.2) is 33.7 Å². The minimum Gasteiger partial charge on any atom is -0.458 e. The van der Waals surface area contributed by atoms with Crippen LogP contribution in [0.3, 0.4) is 0 Å². The van der Waals surface area contributed by atoms with Crippen LogP contribution in [0.15, 0.2) is 0 Å². The summed E-state index contributed by atoms with van der Waals surface area (Å²) in [5.41, 5.74) is 0. The quantitative estimate of drug-likeness (QED) is 0.439. The van der Waals surface area contributed by atoms with Crippen LogP contribution in [0, 0.1) is 0 Å². The van der Waals surface area contributed by atoms with Crippen molar-refractivity contribution < 1.29 is 23.9 Å². The van der Waals surface area contributed by atoms with E-state index in [1.54, 1.807) is 0 Å². The lowest BCUT2D eigenvalue weighted by atomic mass is 10.3. The van der Waals surface area contributed by atoms with Gasteiger partial charge in [0.1, 0.15) is 6.61 Å². The lowest BCUT2D eigenvalue weighted by molar-refractivity contribution is -0.167. The molecule has 0 amide bonds. The van der Waals surface area contributed by atoms with Gasteiger partial charge < -0.3 is 9.47 Å². The third kappa shape index (κ3) is 9.47. The monoisotopic (exact) mass is 324 g/mol. The molecule has 9 heteroatoms. The Morgan fingerprint density at radius 2 is 1.76 bits per heavy atom. The van der Waals surface area contributed by atoms with Crippen LogP contribution in [0.25, 0.3) is 0 Å². The normalized spacial score (nSPS) is 12.8. The summed E-state index contributed by atoms with van der Waals surface area (Å²) in [6.45, 7) is 0.526. The largest absolute Gasteiger partial charge is 0.458 e. The molecule has 0 aromatic carbocycles. The van der Waals surface area contributed by atoms with E-state index < -0.39 is 40.1 Å². The van der Waals surface area contributed by atoms with Crippen molar-refractivity contribution in [2.75, 3.05) is 6.61 Å². The predicted molar refractivity (Wildman–Crippen MR) is 62.3 cm³/mol. The highest BCUT2D eigenvalue weighted by Gasteiger charge is 2.29. The zero-order valence-electron chi connectivity index (χ0n) is 8.54. The molecule has 0 saturated heterocycles. The van der Waals surface area contributed by atoms with Crippen molar-refractivity contribution in [2.45, 2.75) is 23.2 Å². The molecule has 0 bridgehead atoms. The van der Waals surface area contributed by atoms with Gasteiger partial charge in [0.15, 0.2) is 0 Å². The summed E-state index contributed by atoms with van der Waals surface area (Å²) in [5, 5.41) is -0.859. The Kier molecular flexibility index (Phi) is 7.16. The Morgan fingerprint density at radius 1 is 1.24 bits per heavy atom. The molecule has 0 aromatic rings. The Hall–Kier alpha value is -0.230. The molecule has 0 heterocycles. The molecule has 0 N–H and O–H groups in total. The van der Waals surface area contributed by atoms with Gasteiger partial charge in [-0.2, -0.15) is 0 Å². The van der Waals surface area contributed by atoms with Crippen LogP contribution in [0.5, 0.6) is 0 Å². The van der Waals surface area contributed by atoms with Gasteiger partial charge >= 0.3 is 11.9 Å². The van der Waals surface area contributed by atoms with Crippen molar-refractivity contribution in [2.24, 2.45) is 0 Å². The van der Waals surface area contributed by atoms with Gasteiger partial charge in [-0.1, -0.05) is 34.8 Å². The maximum absolute atomic E-state index is 11.4. The molecule has 0 aliphatic rings. The van der Waals surface area contributed by atoms with E-state index in [0.29, 0.717) is 0 Å². The van der Waals surface area contributed by atoms with E-state index in [4.69, 9.17) is 46.4 Å². The number of carbonyl (C=O) groups is 3. The molecule has 0 rings (SSSR count). The summed E-state index contributed by atoms with van der Waals surface area (Å²) in [6.07, 6.45) is -1.95. The Balaban J connectivity index is 4.42. The van der Waals surface area contributed by atoms with Gasteiger partial charge in [0.25, 0.3) is 0 Å². The Labute approximate surface area is 117 Å². The fourth-order valence-electron chi connectivity index (χ4n) is 0.765. The summed E-state index contributed by atoms with van der Waals surface area (Å²) in [6, 6.07) is 0. The summed E-state index contributed by atoms with van der Waals surface area (Å²) in [4.78, 5) is 32.7. The van der Waals surface area contributed by atoms with Gasteiger partial charge in [-0.25, -0.2) is 4.79 Å². The summed E-state index contributed by atoms with van der Waals surface area (Å²) >= 11 is 21.1. The first-order valence-electron chi connectivity index (χ1n) is 4.20. The topological polar surface area (TPSA) is 69.7 Å². The number of hydrogen-bond donors (Lipinski definition) is 0. The average molecular weight is 326 g/mol. The van der Waals surface area contributed by atoms with Gasteiger partial charge in [0.05, 0.1) is 6.42 Å². The van der Waals surface area contributed by atoms with Crippen molar-refractivity contribution >= 4 is 63.6 Å². The maximum atomic E-state index is 11.4. The van der Waals surface area contributed by atoms with Crippen molar-refractivity contribution in [1.82, 2.24) is 0 Å². The zero-order valence-corrected chi connectivity index (χ0v) is 11.6. The molecule has 17 heavy (non-hydrogen) atoms. The lowest BCUT2D eigenvalue weighted by Gasteiger charge is -2.16. The highest BCUT2D eigenvalue weighted by atomic mass is 35.6. The fourth-order valence-corrected chi connectivity index (χ4v) is 1.07. The number of hydrogen-bond acceptors (Lipinski definition) is 5. The summed E-state index contributed by atoms with van der Waals surface area (Å²) in [7, 11) is 0. The first-order valence-corrected chi connectivity index (χ1v) is 5.72. The predicted octanol–water partition coefficient (Wildman–Crippen LogP) is 1.99. The Morgan fingerprint density at radius 3 is 2.12 bits per heavy atom. The number of halogens is 4. The molecule has 0 aliphatic carbocycles. The second-order valence-corrected chi connectivity index (χ2v) is 5.82. The number of esters is 2. The van der Waals surface area contributed by atoms with Crippen molar-refractivity contribution in [3.8, 4) is 0 Å². The smallest absolute Gasteiger partial charge is 0.348 e. The molecule has 0 aromatic heterocycles. The van der Waals surface area contributed by atoms with Crippen molar-refractivity contribution in [3.05, 3.63) is 0 Å². The van der Waals surface area contributed by atoms with E-state index in [9.17, 15) is 14.4 Å². The van der Waals surface area contributed by atoms with Crippen LogP contribution < -0.4 is 0 Å². The zero-order chi connectivity index (χ0) is 13.6. The lowest BCUT2D eigenvalue weighted by Crippen LogP contribution is -2.32. The molecular weight excluding hydrogens is 318 g/mol. The molecule has 5 nitrogen and oxygen atoms in total. The van der Waals surface area contributed by atoms with Crippen LogP contribution in [-0.2, 0) is 23.9 Å². The molecule has 1 unspecified atom stereocenters. The molecule has 98 valence electrons. The molecule has 0 aliphatic heterocycles. The molecule has 0 saturated carbocycles. The number of alkyl halides is 3. The number of carbonyl (C=O) groups excluding carboxylic acids is 3. The fraction of sp³-hybridized carbons (Fsp3) is 0.625. The van der Waals surface area contributed by atoms with Crippen LogP contribution in [0.4, 0.5) is 0 Å². The Bertz CT molecular complexity index is 296. The minimum absolute atomic E-state index is 0.514. The number of rotatable bonds is 5. The molecule has 0 fully saturated rings. The first-order chi connectivity index (χ1) is 7.61. The summed E-state index contributed by atoms with van der Waals surface area (Å²) in [5.74, 6) is -1.78. The van der Waals surface area contributed by atoms with Crippen molar-refractivity contribution in [3.63, 3.8) is 0 Å². The van der Waals surface area contributed by atoms with Gasteiger partial charge in [-0.15, -0.1) is 0 Å². The standard InChI is InChI=1S/C8H8Cl4O5/c1-4(13)17-5(2-6(9)14)7(15)16-3-8(10,11)12/h5H,2-3H2,1H3. The second-order valence-electron chi connectivity index (χ2n) is 2.88. The third-order valence-corrected chi connectivity index (χ3v) is 1.78. The van der Waals surface area contributed by atoms with Gasteiger partial charge in [0, 0.05) is 6.92 Å². The molecular formula is C8H8Cl4O5. The highest BCUT2D eigenvalue weighted by molar-refractivity contribution is 6.67. The van der Waals surface area contributed by atoms with Gasteiger partial charge in [-0.05, 0) is 11.6 Å². The van der Waals surface area contributed by atoms with E-state index >= 15 is 0 Å². The van der Waals surface area contributed by atoms with Crippen molar-refractivity contribution in [1.29, 1.82) is 0 Å². The first kappa shape index (κ1) is 16.8. The van der Waals surface area contributed by atoms with Gasteiger partial charge in [0.2, 0.25) is 15.1 Å². The van der Waals surface area contributed by atoms with E-state index in [0.717, 1.165) is 6.92 Å². The second kappa shape index (κ2) is 7.26. The third-order valence-electron chi connectivity index (χ3n) is 1.30. The molecule has 0 radical (unpaired) electrons. The van der Waals surface area contributed by atoms with E-state index in [1.807, 2.05) is 0 Å². The van der Waals surface area contributed by atoms with Crippen LogP contribution in [0.2, 0.25) is 0 Å². The SMILES string of the molecule is CC(=O)OC(CC(=O)Cl)C(=O)OCC(Cl)(Cl)Cl. The van der Waals surface area contributed by atoms with E-state index in [-0.39, 0.29) is 0 Å². The van der Waals surface area contributed by atoms with Crippen LogP contribution in [0.1, 0.15) is 13.3 Å². The molecule has 0 spiro atoms. The highest BCUT2D eigenvalue weighted by Crippen LogP contribution is 2.26. The molecule has 1 atom stereocenters. The average Bonchev–Trinajstić information content (AvgIpc) is 2.10. The number of ether oxygens (including phenoxy) is 2. The summed E-state index contributed by atoms with van der Waals surface area (Å²) < 4.78 is 7.30. The van der Waals surface area contributed by atoms with E-state index in [2.05, 4.69) is 9.47 Å². The van der Waals surface area contributed by atoms with Crippen LogP contribution >= 0.6 is 46.4 Å². The minimum atomic E-state index is -1.79. The maximum Gasteiger partial charge on any atom is 0.348 e. The van der Waals surface area contributed by atoms with Gasteiger partial charge in [-0.3, -0.25) is 9.59 Å².